The number of amides is 2. The van der Waals surface area contributed by atoms with Crippen molar-refractivity contribution in [1.82, 2.24) is 15.5 Å². The second-order valence-corrected chi connectivity index (χ2v) is 6.34. The zero-order valence-electron chi connectivity index (χ0n) is 13.3. The van der Waals surface area contributed by atoms with E-state index in [-0.39, 0.29) is 11.9 Å². The number of nitrogens with zero attached hydrogens (tertiary/aromatic N) is 2. The topological polar surface area (TPSA) is 87.1 Å². The van der Waals surface area contributed by atoms with Crippen LogP contribution < -0.4 is 10.6 Å². The summed E-state index contributed by atoms with van der Waals surface area (Å²) in [6, 6.07) is 9.82. The molecule has 1 heterocycles. The predicted molar refractivity (Wildman–Crippen MR) is 91.8 cm³/mol. The first-order valence-electron chi connectivity index (χ1n) is 7.71. The number of benzene rings is 1. The molecule has 6 nitrogen and oxygen atoms in total. The summed E-state index contributed by atoms with van der Waals surface area (Å²) in [6.07, 6.45) is 1.000. The van der Waals surface area contributed by atoms with E-state index in [1.165, 1.54) is 16.9 Å². The Hall–Kier alpha value is -1.99. The van der Waals surface area contributed by atoms with Crippen LogP contribution in [0.3, 0.4) is 0 Å². The van der Waals surface area contributed by atoms with E-state index in [2.05, 4.69) is 39.9 Å². The lowest BCUT2D eigenvalue weighted by molar-refractivity contribution is 0.184. The highest BCUT2D eigenvalue weighted by Crippen LogP contribution is 2.31. The number of hydrogen-bond acceptors (Lipinski definition) is 5. The Morgan fingerprint density at radius 2 is 2.04 bits per heavy atom. The van der Waals surface area contributed by atoms with Crippen LogP contribution in [0.4, 0.5) is 9.93 Å². The number of aliphatic hydroxyl groups is 1. The zero-order valence-corrected chi connectivity index (χ0v) is 14.1. The number of anilines is 1. The summed E-state index contributed by atoms with van der Waals surface area (Å²) < 4.78 is 0. The van der Waals surface area contributed by atoms with Crippen LogP contribution in [0.1, 0.15) is 43.2 Å². The summed E-state index contributed by atoms with van der Waals surface area (Å²) in [5.41, 5.74) is 1.19. The van der Waals surface area contributed by atoms with Crippen LogP contribution in [0.25, 0.3) is 0 Å². The van der Waals surface area contributed by atoms with Crippen molar-refractivity contribution in [2.75, 3.05) is 11.9 Å². The van der Waals surface area contributed by atoms with Gasteiger partial charge in [-0.05, 0) is 25.3 Å². The van der Waals surface area contributed by atoms with Crippen LogP contribution >= 0.6 is 11.3 Å². The molecule has 0 spiro atoms. The Morgan fingerprint density at radius 1 is 1.30 bits per heavy atom. The van der Waals surface area contributed by atoms with Gasteiger partial charge in [0.15, 0.2) is 0 Å². The molecule has 0 radical (unpaired) electrons. The van der Waals surface area contributed by atoms with Gasteiger partial charge in [-0.3, -0.25) is 5.32 Å². The Kier molecular flexibility index (Phi) is 6.49. The number of hydrogen-bond donors (Lipinski definition) is 3. The number of carbonyl (C=O) groups excluding carboxylic acids is 1. The van der Waals surface area contributed by atoms with Crippen LogP contribution in [0.5, 0.6) is 0 Å². The molecule has 2 aromatic rings. The van der Waals surface area contributed by atoms with Crippen molar-refractivity contribution in [3.63, 3.8) is 0 Å². The molecular weight excluding hydrogens is 312 g/mol. The minimum atomic E-state index is -0.431. The lowest BCUT2D eigenvalue weighted by Gasteiger charge is -2.11. The highest BCUT2D eigenvalue weighted by molar-refractivity contribution is 7.15. The second kappa shape index (κ2) is 8.59. The average molecular weight is 334 g/mol. The van der Waals surface area contributed by atoms with E-state index in [0.717, 1.165) is 11.4 Å². The average Bonchev–Trinajstić information content (AvgIpc) is 2.97. The molecule has 0 saturated carbocycles. The van der Waals surface area contributed by atoms with Crippen molar-refractivity contribution >= 4 is 22.5 Å². The SMILES string of the molecule is CCC(c1ccccc1)c1nnc(NC(=O)NCCC(C)O)s1. The molecule has 7 heteroatoms. The number of nitrogens with one attached hydrogen (secondary N) is 2. The molecule has 2 atom stereocenters. The quantitative estimate of drug-likeness (QED) is 0.726. The molecule has 0 aliphatic heterocycles. The summed E-state index contributed by atoms with van der Waals surface area (Å²) in [7, 11) is 0. The van der Waals surface area contributed by atoms with E-state index >= 15 is 0 Å². The van der Waals surface area contributed by atoms with Crippen LogP contribution in [0, 0.1) is 0 Å². The molecule has 0 bridgehead atoms. The number of aliphatic hydroxyl groups excluding tert-OH is 1. The van der Waals surface area contributed by atoms with Gasteiger partial charge in [0, 0.05) is 12.5 Å². The lowest BCUT2D eigenvalue weighted by atomic mass is 9.97. The number of carbonyl (C=O) groups is 1. The summed E-state index contributed by atoms with van der Waals surface area (Å²) in [4.78, 5) is 11.7. The van der Waals surface area contributed by atoms with Gasteiger partial charge in [-0.1, -0.05) is 48.6 Å². The molecule has 2 unspecified atom stereocenters. The van der Waals surface area contributed by atoms with Gasteiger partial charge in [0.25, 0.3) is 0 Å². The van der Waals surface area contributed by atoms with Crippen LogP contribution in [0.2, 0.25) is 0 Å². The van der Waals surface area contributed by atoms with E-state index in [1.54, 1.807) is 6.92 Å². The third kappa shape index (κ3) is 5.30. The van der Waals surface area contributed by atoms with Crippen molar-refractivity contribution in [2.24, 2.45) is 0 Å². The smallest absolute Gasteiger partial charge is 0.321 e. The van der Waals surface area contributed by atoms with E-state index in [1.807, 2.05) is 18.2 Å². The molecular formula is C16H22N4O2S. The summed E-state index contributed by atoms with van der Waals surface area (Å²) in [5.74, 6) is 0.183. The van der Waals surface area contributed by atoms with Crippen molar-refractivity contribution in [3.8, 4) is 0 Å². The maximum Gasteiger partial charge on any atom is 0.321 e. The third-order valence-corrected chi connectivity index (χ3v) is 4.37. The fourth-order valence-electron chi connectivity index (χ4n) is 2.20. The van der Waals surface area contributed by atoms with Crippen molar-refractivity contribution in [2.45, 2.75) is 38.7 Å². The van der Waals surface area contributed by atoms with Gasteiger partial charge in [0.2, 0.25) is 5.13 Å². The Labute approximate surface area is 140 Å². The molecule has 2 amide bonds. The highest BCUT2D eigenvalue weighted by Gasteiger charge is 2.17. The minimum absolute atomic E-state index is 0.183. The second-order valence-electron chi connectivity index (χ2n) is 5.34. The van der Waals surface area contributed by atoms with Gasteiger partial charge >= 0.3 is 6.03 Å². The summed E-state index contributed by atoms with van der Waals surface area (Å²) >= 11 is 1.38. The molecule has 1 aromatic carbocycles. The van der Waals surface area contributed by atoms with Gasteiger partial charge in [-0.2, -0.15) is 0 Å². The first-order valence-corrected chi connectivity index (χ1v) is 8.53. The third-order valence-electron chi connectivity index (χ3n) is 3.42. The predicted octanol–water partition coefficient (Wildman–Crippen LogP) is 2.97. The fourth-order valence-corrected chi connectivity index (χ4v) is 3.15. The van der Waals surface area contributed by atoms with Crippen LogP contribution in [-0.2, 0) is 0 Å². The molecule has 1 aromatic heterocycles. The maximum atomic E-state index is 11.7. The van der Waals surface area contributed by atoms with Gasteiger partial charge < -0.3 is 10.4 Å². The van der Waals surface area contributed by atoms with Crippen molar-refractivity contribution in [3.05, 3.63) is 40.9 Å². The summed E-state index contributed by atoms with van der Waals surface area (Å²) in [5, 5.41) is 24.1. The van der Waals surface area contributed by atoms with Crippen molar-refractivity contribution in [1.29, 1.82) is 0 Å². The molecule has 2 rings (SSSR count). The Morgan fingerprint density at radius 3 is 2.70 bits per heavy atom. The van der Waals surface area contributed by atoms with Gasteiger partial charge in [0.05, 0.1) is 6.10 Å². The zero-order chi connectivity index (χ0) is 16.7. The molecule has 0 saturated heterocycles. The lowest BCUT2D eigenvalue weighted by Crippen LogP contribution is -2.30. The van der Waals surface area contributed by atoms with E-state index in [4.69, 9.17) is 5.11 Å². The maximum absolute atomic E-state index is 11.7. The van der Waals surface area contributed by atoms with E-state index in [9.17, 15) is 4.79 Å². The Balaban J connectivity index is 1.95. The molecule has 0 aliphatic carbocycles. The van der Waals surface area contributed by atoms with Crippen LogP contribution in [0.15, 0.2) is 30.3 Å². The van der Waals surface area contributed by atoms with Gasteiger partial charge in [-0.25, -0.2) is 4.79 Å². The molecule has 3 N–H and O–H groups in total. The monoisotopic (exact) mass is 334 g/mol. The first-order chi connectivity index (χ1) is 11.1. The normalized spacial score (nSPS) is 13.3. The van der Waals surface area contributed by atoms with Crippen molar-refractivity contribution < 1.29 is 9.90 Å². The summed E-state index contributed by atoms with van der Waals surface area (Å²) in [6.45, 7) is 4.21. The standard InChI is InChI=1S/C16H22N4O2S/c1-3-13(12-7-5-4-6-8-12)14-19-20-16(23-14)18-15(22)17-10-9-11(2)21/h4-8,11,13,21H,3,9-10H2,1-2H3,(H2,17,18,20,22). The largest absolute Gasteiger partial charge is 0.393 e. The molecule has 23 heavy (non-hydrogen) atoms. The molecule has 124 valence electrons. The van der Waals surface area contributed by atoms with Gasteiger partial charge in [-0.15, -0.1) is 10.2 Å². The number of rotatable bonds is 7. The highest BCUT2D eigenvalue weighted by atomic mass is 32.1. The first kappa shape index (κ1) is 17.4. The molecule has 0 fully saturated rings. The number of urea groups is 1. The van der Waals surface area contributed by atoms with E-state index in [0.29, 0.717) is 18.1 Å². The number of aromatic nitrogens is 2. The minimum Gasteiger partial charge on any atom is -0.393 e. The van der Waals surface area contributed by atoms with E-state index < -0.39 is 6.10 Å². The Bertz CT molecular complexity index is 616. The fraction of sp³-hybridized carbons (Fsp3) is 0.438. The van der Waals surface area contributed by atoms with Crippen LogP contribution in [-0.4, -0.2) is 34.0 Å². The van der Waals surface area contributed by atoms with Gasteiger partial charge in [0.1, 0.15) is 5.01 Å². The molecule has 0 aliphatic rings.